The van der Waals surface area contributed by atoms with Gasteiger partial charge in [0.05, 0.1) is 16.5 Å². The van der Waals surface area contributed by atoms with Gasteiger partial charge in [0.15, 0.2) is 0 Å². The van der Waals surface area contributed by atoms with Crippen LogP contribution in [0.2, 0.25) is 0 Å². The Morgan fingerprint density at radius 1 is 1.19 bits per heavy atom. The average Bonchev–Trinajstić information content (AvgIpc) is 3.11. The maximum Gasteiger partial charge on any atom is 0.498 e. The largest absolute Gasteiger partial charge is 0.498 e. The minimum absolute atomic E-state index is 0.125. The van der Waals surface area contributed by atoms with Crippen LogP contribution in [0, 0.1) is 0 Å². The van der Waals surface area contributed by atoms with Crippen LogP contribution in [0.5, 0.6) is 0 Å². The monoisotopic (exact) mass is 381 g/mol. The number of nitrogens with zero attached hydrogens (tertiary/aromatic N) is 3. The minimum atomic E-state index is -3.69. The molecule has 0 aliphatic carbocycles. The Bertz CT molecular complexity index is 794. The van der Waals surface area contributed by atoms with Crippen LogP contribution in [-0.4, -0.2) is 65.9 Å². The van der Waals surface area contributed by atoms with Gasteiger partial charge in [0, 0.05) is 37.9 Å². The number of aromatic nitrogens is 2. The number of amides is 1. The van der Waals surface area contributed by atoms with Crippen molar-refractivity contribution in [2.45, 2.75) is 62.6 Å². The summed E-state index contributed by atoms with van der Waals surface area (Å²) < 4.78 is 37.3. The van der Waals surface area contributed by atoms with Crippen molar-refractivity contribution >= 4 is 28.3 Å². The highest BCUT2D eigenvalue weighted by atomic mass is 32.2. The van der Waals surface area contributed by atoms with E-state index in [0.717, 1.165) is 0 Å². The number of carbonyl (C=O) groups is 1. The highest BCUT2D eigenvalue weighted by Gasteiger charge is 2.52. The summed E-state index contributed by atoms with van der Waals surface area (Å²) >= 11 is 0. The second-order valence-electron chi connectivity index (χ2n) is 7.81. The lowest BCUT2D eigenvalue weighted by molar-refractivity contribution is -0.127. The first kappa shape index (κ1) is 19.3. The van der Waals surface area contributed by atoms with Crippen LogP contribution in [0.1, 0.15) is 41.0 Å². The van der Waals surface area contributed by atoms with Gasteiger partial charge in [-0.3, -0.25) is 4.79 Å². The summed E-state index contributed by atoms with van der Waals surface area (Å²) in [5.41, 5.74) is -0.426. The Hall–Kier alpha value is -1.52. The van der Waals surface area contributed by atoms with E-state index in [4.69, 9.17) is 9.31 Å². The van der Waals surface area contributed by atoms with Crippen molar-refractivity contribution in [3.8, 4) is 0 Å². The summed E-state index contributed by atoms with van der Waals surface area (Å²) in [6.07, 6.45) is 3.25. The lowest BCUT2D eigenvalue weighted by atomic mass is 9.81. The molecule has 0 saturated carbocycles. The molecule has 0 aromatic carbocycles. The SMILES string of the molecule is CC(=O)N1CC[C@@H](S(=O)(=O)c2ncc(B3OC(C)(C)C(C)(C)O3)cn2)C1. The molecule has 1 aromatic rings. The number of carbonyl (C=O) groups excluding carboxylic acids is 1. The molecule has 2 saturated heterocycles. The Morgan fingerprint density at radius 2 is 1.73 bits per heavy atom. The maximum atomic E-state index is 12.7. The van der Waals surface area contributed by atoms with Gasteiger partial charge in [-0.15, -0.1) is 0 Å². The van der Waals surface area contributed by atoms with Crippen LogP contribution >= 0.6 is 0 Å². The predicted molar refractivity (Wildman–Crippen MR) is 95.6 cm³/mol. The second kappa shape index (κ2) is 6.28. The lowest BCUT2D eigenvalue weighted by Gasteiger charge is -2.32. The molecule has 1 aromatic heterocycles. The Balaban J connectivity index is 1.77. The Labute approximate surface area is 154 Å². The number of hydrogen-bond acceptors (Lipinski definition) is 7. The fourth-order valence-corrected chi connectivity index (χ4v) is 4.48. The van der Waals surface area contributed by atoms with Crippen LogP contribution in [0.3, 0.4) is 0 Å². The maximum absolute atomic E-state index is 12.7. The molecule has 26 heavy (non-hydrogen) atoms. The van der Waals surface area contributed by atoms with E-state index in [1.165, 1.54) is 24.2 Å². The molecular weight excluding hydrogens is 357 g/mol. The number of sulfone groups is 1. The van der Waals surface area contributed by atoms with E-state index in [1.54, 1.807) is 0 Å². The molecule has 1 atom stereocenters. The molecule has 0 bridgehead atoms. The van der Waals surface area contributed by atoms with Crippen molar-refractivity contribution in [1.29, 1.82) is 0 Å². The zero-order valence-corrected chi connectivity index (χ0v) is 16.5. The molecule has 0 radical (unpaired) electrons. The summed E-state index contributed by atoms with van der Waals surface area (Å²) in [7, 11) is -4.33. The zero-order valence-electron chi connectivity index (χ0n) is 15.7. The van der Waals surface area contributed by atoms with Crippen molar-refractivity contribution in [3.63, 3.8) is 0 Å². The predicted octanol–water partition coefficient (Wildman–Crippen LogP) is 0.170. The van der Waals surface area contributed by atoms with Gasteiger partial charge in [0.25, 0.3) is 0 Å². The fraction of sp³-hybridized carbons (Fsp3) is 0.688. The number of hydrogen-bond donors (Lipinski definition) is 0. The molecule has 3 heterocycles. The molecule has 142 valence electrons. The van der Waals surface area contributed by atoms with Gasteiger partial charge in [0.2, 0.25) is 20.9 Å². The fourth-order valence-electron chi connectivity index (χ4n) is 2.99. The highest BCUT2D eigenvalue weighted by molar-refractivity contribution is 7.91. The Kier molecular flexibility index (Phi) is 4.65. The van der Waals surface area contributed by atoms with Crippen LogP contribution in [0.25, 0.3) is 0 Å². The highest BCUT2D eigenvalue weighted by Crippen LogP contribution is 2.36. The van der Waals surface area contributed by atoms with Crippen molar-refractivity contribution < 1.29 is 22.5 Å². The topological polar surface area (TPSA) is 98.7 Å². The first-order valence-corrected chi connectivity index (χ1v) is 10.2. The average molecular weight is 381 g/mol. The van der Waals surface area contributed by atoms with Gasteiger partial charge >= 0.3 is 7.12 Å². The van der Waals surface area contributed by atoms with Crippen molar-refractivity contribution in [3.05, 3.63) is 12.4 Å². The molecule has 0 spiro atoms. The Morgan fingerprint density at radius 3 is 2.19 bits per heavy atom. The zero-order chi connectivity index (χ0) is 19.3. The molecule has 1 amide bonds. The van der Waals surface area contributed by atoms with Crippen LogP contribution < -0.4 is 5.46 Å². The standard InChI is InChI=1S/C16H24BN3O5S/c1-11(21)20-7-6-13(10-20)26(22,23)14-18-8-12(9-19-14)17-24-15(2,3)16(4,5)25-17/h8-9,13H,6-7,10H2,1-5H3/t13-/m1/s1. The normalized spacial score (nSPS) is 24.9. The molecule has 2 aliphatic rings. The van der Waals surface area contributed by atoms with Gasteiger partial charge in [-0.25, -0.2) is 18.4 Å². The summed E-state index contributed by atoms with van der Waals surface area (Å²) in [5, 5.41) is -0.901. The van der Waals surface area contributed by atoms with Gasteiger partial charge in [-0.1, -0.05) is 0 Å². The van der Waals surface area contributed by atoms with Crippen LogP contribution in [0.4, 0.5) is 0 Å². The van der Waals surface area contributed by atoms with E-state index in [-0.39, 0.29) is 17.6 Å². The molecule has 0 N–H and O–H groups in total. The summed E-state index contributed by atoms with van der Waals surface area (Å²) in [6.45, 7) is 9.80. The van der Waals surface area contributed by atoms with Gasteiger partial charge in [-0.05, 0) is 34.1 Å². The van der Waals surface area contributed by atoms with Gasteiger partial charge in [0.1, 0.15) is 0 Å². The van der Waals surface area contributed by atoms with E-state index in [1.807, 2.05) is 27.7 Å². The second-order valence-corrected chi connectivity index (χ2v) is 9.93. The molecule has 2 fully saturated rings. The number of rotatable bonds is 3. The third-order valence-corrected chi connectivity index (χ3v) is 7.44. The molecule has 3 rings (SSSR count). The van der Waals surface area contributed by atoms with Crippen molar-refractivity contribution in [2.75, 3.05) is 13.1 Å². The van der Waals surface area contributed by atoms with Gasteiger partial charge < -0.3 is 14.2 Å². The molecule has 2 aliphatic heterocycles. The quantitative estimate of drug-likeness (QED) is 0.544. The number of likely N-dealkylation sites (tertiary alicyclic amines) is 1. The van der Waals surface area contributed by atoms with E-state index in [0.29, 0.717) is 18.4 Å². The van der Waals surface area contributed by atoms with Crippen molar-refractivity contribution in [2.24, 2.45) is 0 Å². The van der Waals surface area contributed by atoms with Crippen LogP contribution in [-0.2, 0) is 23.9 Å². The van der Waals surface area contributed by atoms with E-state index < -0.39 is 33.4 Å². The molecule has 10 heteroatoms. The summed E-state index contributed by atoms with van der Waals surface area (Å²) in [6, 6.07) is 0. The third kappa shape index (κ3) is 3.25. The van der Waals surface area contributed by atoms with Crippen LogP contribution in [0.15, 0.2) is 17.6 Å². The van der Waals surface area contributed by atoms with Crippen molar-refractivity contribution in [1.82, 2.24) is 14.9 Å². The van der Waals surface area contributed by atoms with E-state index in [9.17, 15) is 13.2 Å². The molecule has 0 unspecified atom stereocenters. The summed E-state index contributed by atoms with van der Waals surface area (Å²) in [5.74, 6) is -0.125. The minimum Gasteiger partial charge on any atom is -0.399 e. The van der Waals surface area contributed by atoms with E-state index in [2.05, 4.69) is 9.97 Å². The first-order chi connectivity index (χ1) is 11.9. The summed E-state index contributed by atoms with van der Waals surface area (Å²) in [4.78, 5) is 21.0. The third-order valence-electron chi connectivity index (χ3n) is 5.46. The molecule has 8 nitrogen and oxygen atoms in total. The van der Waals surface area contributed by atoms with E-state index >= 15 is 0 Å². The van der Waals surface area contributed by atoms with Gasteiger partial charge in [-0.2, -0.15) is 0 Å². The smallest absolute Gasteiger partial charge is 0.399 e. The lowest BCUT2D eigenvalue weighted by Crippen LogP contribution is -2.41. The first-order valence-electron chi connectivity index (χ1n) is 8.61. The molecular formula is C16H24BN3O5S.